The number of rotatable bonds is 6. The molecule has 1 aromatic carbocycles. The van der Waals surface area contributed by atoms with Crippen molar-refractivity contribution >= 4 is 28.1 Å². The second-order valence-corrected chi connectivity index (χ2v) is 6.99. The summed E-state index contributed by atoms with van der Waals surface area (Å²) in [6.07, 6.45) is 2.92. The van der Waals surface area contributed by atoms with Crippen molar-refractivity contribution in [3.05, 3.63) is 58.2 Å². The van der Waals surface area contributed by atoms with Crippen molar-refractivity contribution in [2.24, 2.45) is 0 Å². The summed E-state index contributed by atoms with van der Waals surface area (Å²) in [6.45, 7) is 4.83. The molecule has 0 aliphatic carbocycles. The Kier molecular flexibility index (Phi) is 5.20. The van der Waals surface area contributed by atoms with E-state index in [-0.39, 0.29) is 5.91 Å². The highest BCUT2D eigenvalue weighted by atomic mass is 32.1. The van der Waals surface area contributed by atoms with E-state index in [1.165, 1.54) is 0 Å². The maximum absolute atomic E-state index is 12.1. The molecule has 0 aliphatic rings. The highest BCUT2D eigenvalue weighted by Crippen LogP contribution is 2.19. The zero-order chi connectivity index (χ0) is 16.9. The van der Waals surface area contributed by atoms with Crippen molar-refractivity contribution in [3.8, 4) is 0 Å². The molecule has 5 heteroatoms. The van der Waals surface area contributed by atoms with Crippen molar-refractivity contribution in [3.63, 3.8) is 0 Å². The van der Waals surface area contributed by atoms with Gasteiger partial charge < -0.3 is 5.32 Å². The van der Waals surface area contributed by atoms with Crippen molar-refractivity contribution in [2.75, 3.05) is 6.54 Å². The molecule has 0 fully saturated rings. The van der Waals surface area contributed by atoms with Gasteiger partial charge in [0.2, 0.25) is 5.91 Å². The molecule has 0 radical (unpaired) electrons. The second kappa shape index (κ2) is 7.53. The molecule has 0 saturated carbocycles. The third-order valence-corrected chi connectivity index (χ3v) is 5.03. The molecule has 0 bridgehead atoms. The van der Waals surface area contributed by atoms with Gasteiger partial charge in [0, 0.05) is 29.4 Å². The van der Waals surface area contributed by atoms with E-state index in [2.05, 4.69) is 47.3 Å². The Morgan fingerprint density at radius 3 is 2.88 bits per heavy atom. The van der Waals surface area contributed by atoms with E-state index in [0.29, 0.717) is 18.9 Å². The Morgan fingerprint density at radius 1 is 1.25 bits per heavy atom. The monoisotopic (exact) mass is 339 g/mol. The number of aromatic nitrogens is 2. The summed E-state index contributed by atoms with van der Waals surface area (Å²) in [4.78, 5) is 21.0. The number of benzene rings is 1. The molecule has 3 rings (SSSR count). The van der Waals surface area contributed by atoms with E-state index in [0.717, 1.165) is 33.6 Å². The first-order valence-corrected chi connectivity index (χ1v) is 9.05. The Balaban J connectivity index is 1.54. The lowest BCUT2D eigenvalue weighted by Gasteiger charge is -2.07. The van der Waals surface area contributed by atoms with Crippen molar-refractivity contribution in [2.45, 2.75) is 32.6 Å². The molecule has 3 aromatic rings. The Morgan fingerprint density at radius 2 is 2.08 bits per heavy atom. The van der Waals surface area contributed by atoms with E-state index in [4.69, 9.17) is 0 Å². The summed E-state index contributed by atoms with van der Waals surface area (Å²) in [5, 5.41) is 7.17. The van der Waals surface area contributed by atoms with Gasteiger partial charge in [-0.15, -0.1) is 11.3 Å². The molecule has 124 valence electrons. The number of nitrogens with one attached hydrogen (secondary N) is 1. The van der Waals surface area contributed by atoms with Crippen LogP contribution < -0.4 is 5.32 Å². The van der Waals surface area contributed by atoms with Crippen molar-refractivity contribution in [1.29, 1.82) is 0 Å². The largest absolute Gasteiger partial charge is 0.355 e. The number of carbonyl (C=O) groups is 1. The minimum atomic E-state index is 0.0174. The average molecular weight is 339 g/mol. The van der Waals surface area contributed by atoms with E-state index < -0.39 is 0 Å². The molecule has 0 spiro atoms. The van der Waals surface area contributed by atoms with Crippen LogP contribution in [0, 0.1) is 0 Å². The topological polar surface area (TPSA) is 54.9 Å². The first kappa shape index (κ1) is 16.6. The number of nitrogens with zero attached hydrogens (tertiary/aromatic N) is 2. The highest BCUT2D eigenvalue weighted by molar-refractivity contribution is 7.09. The van der Waals surface area contributed by atoms with Crippen LogP contribution in [0.1, 0.15) is 36.0 Å². The molecule has 0 atom stereocenters. The molecule has 4 nitrogen and oxygen atoms in total. The fourth-order valence-electron chi connectivity index (χ4n) is 2.60. The summed E-state index contributed by atoms with van der Waals surface area (Å²) < 4.78 is 0. The first-order valence-electron chi connectivity index (χ1n) is 8.17. The van der Waals surface area contributed by atoms with Gasteiger partial charge in [0.05, 0.1) is 22.6 Å². The molecule has 2 aromatic heterocycles. The van der Waals surface area contributed by atoms with Gasteiger partial charge in [-0.2, -0.15) is 0 Å². The van der Waals surface area contributed by atoms with Crippen LogP contribution in [0.3, 0.4) is 0 Å². The number of amides is 1. The molecular weight excluding hydrogens is 318 g/mol. The van der Waals surface area contributed by atoms with Crippen LogP contribution >= 0.6 is 11.3 Å². The number of carbonyl (C=O) groups excluding carboxylic acids is 1. The molecule has 2 heterocycles. The van der Waals surface area contributed by atoms with Gasteiger partial charge in [-0.25, -0.2) is 4.98 Å². The van der Waals surface area contributed by atoms with Gasteiger partial charge in [-0.1, -0.05) is 38.1 Å². The van der Waals surface area contributed by atoms with Crippen LogP contribution in [0.25, 0.3) is 10.9 Å². The normalized spacial score (nSPS) is 11.1. The Labute approximate surface area is 146 Å². The zero-order valence-corrected chi connectivity index (χ0v) is 14.8. The second-order valence-electron chi connectivity index (χ2n) is 6.10. The number of para-hydroxylation sites is 1. The molecule has 1 amide bonds. The number of pyridine rings is 1. The Bertz CT molecular complexity index is 836. The van der Waals surface area contributed by atoms with Crippen LogP contribution in [-0.4, -0.2) is 22.4 Å². The van der Waals surface area contributed by atoms with Crippen LogP contribution in [-0.2, 0) is 17.6 Å². The minimum Gasteiger partial charge on any atom is -0.355 e. The first-order chi connectivity index (χ1) is 11.6. The number of fused-ring (bicyclic) bond motifs is 1. The molecule has 0 unspecified atom stereocenters. The standard InChI is InChI=1S/C19H21N3OS/c1-13(2)19-22-16(12-24-19)11-17(23)20-10-8-15-6-3-5-14-7-4-9-21-18(14)15/h3-7,9,12-13H,8,10-11H2,1-2H3,(H,20,23). The summed E-state index contributed by atoms with van der Waals surface area (Å²) in [5.41, 5.74) is 3.02. The van der Waals surface area contributed by atoms with Gasteiger partial charge >= 0.3 is 0 Å². The molecule has 1 N–H and O–H groups in total. The van der Waals surface area contributed by atoms with Gasteiger partial charge in [0.15, 0.2) is 0 Å². The summed E-state index contributed by atoms with van der Waals surface area (Å²) >= 11 is 1.62. The van der Waals surface area contributed by atoms with Crippen LogP contribution in [0.4, 0.5) is 0 Å². The molecule has 0 saturated heterocycles. The highest BCUT2D eigenvalue weighted by Gasteiger charge is 2.10. The third kappa shape index (κ3) is 3.97. The van der Waals surface area contributed by atoms with E-state index in [1.807, 2.05) is 17.5 Å². The predicted octanol–water partition coefficient (Wildman–Crippen LogP) is 3.72. The summed E-state index contributed by atoms with van der Waals surface area (Å²) in [5.74, 6) is 0.425. The zero-order valence-electron chi connectivity index (χ0n) is 14.0. The summed E-state index contributed by atoms with van der Waals surface area (Å²) in [6, 6.07) is 10.1. The van der Waals surface area contributed by atoms with E-state index in [1.54, 1.807) is 17.5 Å². The SMILES string of the molecule is CC(C)c1nc(CC(=O)NCCc2cccc3cccnc23)cs1. The van der Waals surface area contributed by atoms with Crippen LogP contribution in [0.2, 0.25) is 0 Å². The smallest absolute Gasteiger partial charge is 0.226 e. The van der Waals surface area contributed by atoms with Gasteiger partial charge in [0.25, 0.3) is 0 Å². The van der Waals surface area contributed by atoms with Gasteiger partial charge in [0.1, 0.15) is 0 Å². The lowest BCUT2D eigenvalue weighted by Crippen LogP contribution is -2.27. The van der Waals surface area contributed by atoms with Gasteiger partial charge in [-0.05, 0) is 18.1 Å². The van der Waals surface area contributed by atoms with E-state index >= 15 is 0 Å². The Hall–Kier alpha value is -2.27. The molecular formula is C19H21N3OS. The third-order valence-electron chi connectivity index (χ3n) is 3.84. The fraction of sp³-hybridized carbons (Fsp3) is 0.316. The molecule has 0 aliphatic heterocycles. The fourth-order valence-corrected chi connectivity index (χ4v) is 3.44. The van der Waals surface area contributed by atoms with Crippen LogP contribution in [0.5, 0.6) is 0 Å². The minimum absolute atomic E-state index is 0.0174. The number of thiazole rings is 1. The lowest BCUT2D eigenvalue weighted by molar-refractivity contribution is -0.120. The van der Waals surface area contributed by atoms with Crippen LogP contribution in [0.15, 0.2) is 41.9 Å². The maximum Gasteiger partial charge on any atom is 0.226 e. The maximum atomic E-state index is 12.1. The number of hydrogen-bond acceptors (Lipinski definition) is 4. The molecule has 24 heavy (non-hydrogen) atoms. The van der Waals surface area contributed by atoms with Crippen molar-refractivity contribution in [1.82, 2.24) is 15.3 Å². The van der Waals surface area contributed by atoms with E-state index in [9.17, 15) is 4.79 Å². The average Bonchev–Trinajstić information content (AvgIpc) is 3.04. The quantitative estimate of drug-likeness (QED) is 0.745. The number of hydrogen-bond donors (Lipinski definition) is 1. The lowest BCUT2D eigenvalue weighted by atomic mass is 10.1. The predicted molar refractivity (Wildman–Crippen MR) is 98.4 cm³/mol. The van der Waals surface area contributed by atoms with Crippen molar-refractivity contribution < 1.29 is 4.79 Å². The van der Waals surface area contributed by atoms with Gasteiger partial charge in [-0.3, -0.25) is 9.78 Å². The summed E-state index contributed by atoms with van der Waals surface area (Å²) in [7, 11) is 0.